The van der Waals surface area contributed by atoms with E-state index in [-0.39, 0.29) is 47.3 Å². The molecule has 2 aromatic rings. The Hall–Kier alpha value is -3.06. The normalized spacial score (nSPS) is 14.6. The van der Waals surface area contributed by atoms with Crippen molar-refractivity contribution in [2.75, 3.05) is 26.3 Å². The number of nitro benzene ring substituents is 1. The molecule has 2 amide bonds. The number of nitrogens with one attached hydrogen (secondary N) is 2. The second kappa shape index (κ2) is 9.39. The molecule has 2 aromatic carbocycles. The van der Waals surface area contributed by atoms with Gasteiger partial charge in [-0.1, -0.05) is 17.7 Å². The van der Waals surface area contributed by atoms with E-state index in [1.54, 1.807) is 0 Å². The molecule has 1 aliphatic rings. The predicted octanol–water partition coefficient (Wildman–Crippen LogP) is 1.34. The number of morpholine rings is 1. The molecule has 0 atom stereocenters. The van der Waals surface area contributed by atoms with Crippen LogP contribution in [0.3, 0.4) is 0 Å². The quantitative estimate of drug-likeness (QED) is 0.497. The van der Waals surface area contributed by atoms with Crippen LogP contribution in [0.15, 0.2) is 47.4 Å². The lowest BCUT2D eigenvalue weighted by molar-refractivity contribution is -0.385. The minimum Gasteiger partial charge on any atom is -0.379 e. The number of hydrogen-bond acceptors (Lipinski definition) is 7. The molecule has 0 radical (unpaired) electrons. The van der Waals surface area contributed by atoms with E-state index in [4.69, 9.17) is 16.3 Å². The lowest BCUT2D eigenvalue weighted by atomic mass is 10.1. The standard InChI is InChI=1S/C18H17ClN4O7S/c19-13-4-5-15(16(11-13)23(26)27)18(25)21-20-17(24)12-2-1-3-14(10-12)31(28,29)22-6-8-30-9-7-22/h1-5,10-11H,6-9H2,(H,20,24)(H,21,25). The van der Waals surface area contributed by atoms with Gasteiger partial charge in [0.05, 0.1) is 23.0 Å². The molecule has 0 spiro atoms. The number of nitrogens with zero attached hydrogens (tertiary/aromatic N) is 2. The Balaban J connectivity index is 1.73. The summed E-state index contributed by atoms with van der Waals surface area (Å²) in [6.07, 6.45) is 0. The third-order valence-corrected chi connectivity index (χ3v) is 6.52. The zero-order chi connectivity index (χ0) is 22.6. The van der Waals surface area contributed by atoms with Crippen LogP contribution in [0.1, 0.15) is 20.7 Å². The Bertz CT molecular complexity index is 1130. The Morgan fingerprint density at radius 3 is 2.42 bits per heavy atom. The predicted molar refractivity (Wildman–Crippen MR) is 109 cm³/mol. The van der Waals surface area contributed by atoms with Gasteiger partial charge in [0.25, 0.3) is 17.5 Å². The van der Waals surface area contributed by atoms with Gasteiger partial charge in [0.2, 0.25) is 10.0 Å². The molecule has 2 N–H and O–H groups in total. The fourth-order valence-corrected chi connectivity index (χ4v) is 4.46. The van der Waals surface area contributed by atoms with E-state index in [2.05, 4.69) is 10.9 Å². The Morgan fingerprint density at radius 2 is 1.74 bits per heavy atom. The maximum atomic E-state index is 12.7. The van der Waals surface area contributed by atoms with E-state index < -0.39 is 32.4 Å². The number of amides is 2. The molecule has 0 aliphatic carbocycles. The van der Waals surface area contributed by atoms with Crippen LogP contribution in [-0.4, -0.2) is 55.8 Å². The number of benzene rings is 2. The van der Waals surface area contributed by atoms with Gasteiger partial charge in [-0.2, -0.15) is 4.31 Å². The average molecular weight is 469 g/mol. The van der Waals surface area contributed by atoms with Gasteiger partial charge in [0.1, 0.15) is 5.56 Å². The molecule has 1 heterocycles. The first-order valence-corrected chi connectivity index (χ1v) is 10.7. The van der Waals surface area contributed by atoms with Crippen molar-refractivity contribution in [3.05, 3.63) is 68.7 Å². The highest BCUT2D eigenvalue weighted by Crippen LogP contribution is 2.23. The number of hydrazine groups is 1. The molecule has 1 saturated heterocycles. The van der Waals surface area contributed by atoms with E-state index in [0.717, 1.165) is 12.1 Å². The molecular weight excluding hydrogens is 452 g/mol. The first-order chi connectivity index (χ1) is 14.7. The van der Waals surface area contributed by atoms with Gasteiger partial charge in [-0.15, -0.1) is 0 Å². The molecule has 11 nitrogen and oxygen atoms in total. The fourth-order valence-electron chi connectivity index (χ4n) is 2.83. The second-order valence-electron chi connectivity index (χ2n) is 6.37. The average Bonchev–Trinajstić information content (AvgIpc) is 2.77. The van der Waals surface area contributed by atoms with Crippen molar-refractivity contribution in [3.63, 3.8) is 0 Å². The molecule has 31 heavy (non-hydrogen) atoms. The third-order valence-electron chi connectivity index (χ3n) is 4.39. The summed E-state index contributed by atoms with van der Waals surface area (Å²) in [4.78, 5) is 34.9. The summed E-state index contributed by atoms with van der Waals surface area (Å²) in [5.41, 5.74) is 3.32. The highest BCUT2D eigenvalue weighted by molar-refractivity contribution is 7.89. The van der Waals surface area contributed by atoms with E-state index in [0.29, 0.717) is 0 Å². The monoisotopic (exact) mass is 468 g/mol. The number of nitro groups is 1. The molecule has 3 rings (SSSR count). The maximum Gasteiger partial charge on any atom is 0.283 e. The van der Waals surface area contributed by atoms with Crippen LogP contribution in [0.25, 0.3) is 0 Å². The summed E-state index contributed by atoms with van der Waals surface area (Å²) in [6, 6.07) is 8.76. The van der Waals surface area contributed by atoms with Crippen molar-refractivity contribution in [2.45, 2.75) is 4.90 Å². The van der Waals surface area contributed by atoms with Crippen LogP contribution in [0.2, 0.25) is 5.02 Å². The SMILES string of the molecule is O=C(NNC(=O)c1ccc(Cl)cc1[N+](=O)[O-])c1cccc(S(=O)(=O)N2CCOCC2)c1. The van der Waals surface area contributed by atoms with Gasteiger partial charge in [-0.3, -0.25) is 30.6 Å². The van der Waals surface area contributed by atoms with E-state index >= 15 is 0 Å². The van der Waals surface area contributed by atoms with E-state index in [9.17, 15) is 28.1 Å². The smallest absolute Gasteiger partial charge is 0.283 e. The Morgan fingerprint density at radius 1 is 1.06 bits per heavy atom. The molecule has 164 valence electrons. The highest BCUT2D eigenvalue weighted by atomic mass is 35.5. The Kier molecular flexibility index (Phi) is 6.85. The van der Waals surface area contributed by atoms with E-state index in [1.165, 1.54) is 34.6 Å². The zero-order valence-corrected chi connectivity index (χ0v) is 17.5. The molecule has 1 aliphatic heterocycles. The molecule has 0 unspecified atom stereocenters. The van der Waals surface area contributed by atoms with Crippen molar-refractivity contribution in [2.24, 2.45) is 0 Å². The minimum absolute atomic E-state index is 0.0276. The summed E-state index contributed by atoms with van der Waals surface area (Å²) in [6.45, 7) is 0.966. The molecule has 0 saturated carbocycles. The largest absolute Gasteiger partial charge is 0.379 e. The number of halogens is 1. The van der Waals surface area contributed by atoms with Gasteiger partial charge in [0.15, 0.2) is 0 Å². The molecule has 0 bridgehead atoms. The van der Waals surface area contributed by atoms with Crippen molar-refractivity contribution >= 4 is 39.1 Å². The van der Waals surface area contributed by atoms with Gasteiger partial charge >= 0.3 is 0 Å². The summed E-state index contributed by atoms with van der Waals surface area (Å²) in [5.74, 6) is -1.74. The first-order valence-electron chi connectivity index (χ1n) is 8.93. The molecule has 0 aromatic heterocycles. The minimum atomic E-state index is -3.81. The van der Waals surface area contributed by atoms with Crippen LogP contribution < -0.4 is 10.9 Å². The molecular formula is C18H17ClN4O7S. The third kappa shape index (κ3) is 5.17. The number of hydrogen-bond donors (Lipinski definition) is 2. The number of ether oxygens (including phenoxy) is 1. The lowest BCUT2D eigenvalue weighted by Gasteiger charge is -2.26. The second-order valence-corrected chi connectivity index (χ2v) is 8.75. The maximum absolute atomic E-state index is 12.7. The van der Waals surface area contributed by atoms with Gasteiger partial charge in [0, 0.05) is 29.7 Å². The number of carbonyl (C=O) groups excluding carboxylic acids is 2. The molecule has 1 fully saturated rings. The zero-order valence-electron chi connectivity index (χ0n) is 15.9. The highest BCUT2D eigenvalue weighted by Gasteiger charge is 2.27. The van der Waals surface area contributed by atoms with Crippen molar-refractivity contribution in [1.82, 2.24) is 15.2 Å². The van der Waals surface area contributed by atoms with Crippen LogP contribution >= 0.6 is 11.6 Å². The van der Waals surface area contributed by atoms with Gasteiger partial charge in [-0.05, 0) is 30.3 Å². The van der Waals surface area contributed by atoms with Crippen molar-refractivity contribution < 1.29 is 27.7 Å². The van der Waals surface area contributed by atoms with Gasteiger partial charge < -0.3 is 4.74 Å². The number of rotatable bonds is 5. The Labute approximate surface area is 182 Å². The van der Waals surface area contributed by atoms with Crippen molar-refractivity contribution in [1.29, 1.82) is 0 Å². The van der Waals surface area contributed by atoms with E-state index in [1.807, 2.05) is 0 Å². The van der Waals surface area contributed by atoms with Gasteiger partial charge in [-0.25, -0.2) is 8.42 Å². The van der Waals surface area contributed by atoms with Crippen LogP contribution in [0.5, 0.6) is 0 Å². The number of sulfonamides is 1. The van der Waals surface area contributed by atoms with Crippen molar-refractivity contribution in [3.8, 4) is 0 Å². The van der Waals surface area contributed by atoms with Crippen LogP contribution in [0, 0.1) is 10.1 Å². The first kappa shape index (κ1) is 22.6. The molecule has 13 heteroatoms. The summed E-state index contributed by atoms with van der Waals surface area (Å²) in [5, 5.41) is 11.2. The topological polar surface area (TPSA) is 148 Å². The fraction of sp³-hybridized carbons (Fsp3) is 0.222. The summed E-state index contributed by atoms with van der Waals surface area (Å²) in [7, 11) is -3.81. The summed E-state index contributed by atoms with van der Waals surface area (Å²) < 4.78 is 31.9. The number of carbonyl (C=O) groups is 2. The van der Waals surface area contributed by atoms with Crippen LogP contribution in [0.4, 0.5) is 5.69 Å². The van der Waals surface area contributed by atoms with Crippen LogP contribution in [-0.2, 0) is 14.8 Å². The summed E-state index contributed by atoms with van der Waals surface area (Å²) >= 11 is 5.72. The lowest BCUT2D eigenvalue weighted by Crippen LogP contribution is -2.42.